The molecular formula is C22H25N3O2S. The van der Waals surface area contributed by atoms with E-state index in [1.54, 1.807) is 15.5 Å². The van der Waals surface area contributed by atoms with Crippen molar-refractivity contribution in [1.82, 2.24) is 14.5 Å². The minimum Gasteiger partial charge on any atom is -0.342 e. The van der Waals surface area contributed by atoms with Crippen LogP contribution in [0, 0.1) is 0 Å². The molecule has 0 saturated heterocycles. The summed E-state index contributed by atoms with van der Waals surface area (Å²) in [7, 11) is 0. The first-order valence-electron chi connectivity index (χ1n) is 9.54. The summed E-state index contributed by atoms with van der Waals surface area (Å²) in [5.74, 6) is 0.0590. The summed E-state index contributed by atoms with van der Waals surface area (Å²) < 4.78 is 1.67. The third-order valence-electron chi connectivity index (χ3n) is 4.72. The highest BCUT2D eigenvalue weighted by molar-refractivity contribution is 8.00. The van der Waals surface area contributed by atoms with Gasteiger partial charge in [-0.1, -0.05) is 54.2 Å². The summed E-state index contributed by atoms with van der Waals surface area (Å²) in [5, 5.41) is 0.834. The Morgan fingerprint density at radius 2 is 1.71 bits per heavy atom. The van der Waals surface area contributed by atoms with E-state index in [2.05, 4.69) is 0 Å². The minimum atomic E-state index is -0.324. The van der Waals surface area contributed by atoms with Crippen molar-refractivity contribution in [3.8, 4) is 0 Å². The van der Waals surface area contributed by atoms with Crippen LogP contribution in [0.2, 0.25) is 0 Å². The van der Waals surface area contributed by atoms with Crippen LogP contribution in [0.3, 0.4) is 0 Å². The Hall–Kier alpha value is -2.60. The molecule has 0 aliphatic rings. The fraction of sp³-hybridized carbons (Fsp3) is 0.318. The second-order valence-corrected chi connectivity index (χ2v) is 7.87. The van der Waals surface area contributed by atoms with Crippen LogP contribution in [-0.4, -0.2) is 38.7 Å². The number of aromatic nitrogens is 2. The molecular weight excluding hydrogens is 370 g/mol. The van der Waals surface area contributed by atoms with Gasteiger partial charge in [0.25, 0.3) is 5.56 Å². The van der Waals surface area contributed by atoms with Crippen LogP contribution in [0.5, 0.6) is 0 Å². The van der Waals surface area contributed by atoms with Gasteiger partial charge in [-0.3, -0.25) is 14.2 Å². The van der Waals surface area contributed by atoms with E-state index < -0.39 is 0 Å². The largest absolute Gasteiger partial charge is 0.342 e. The van der Waals surface area contributed by atoms with Crippen molar-refractivity contribution >= 4 is 28.6 Å². The molecule has 0 N–H and O–H groups in total. The number of benzene rings is 2. The number of fused-ring (bicyclic) bond motifs is 1. The standard InChI is InChI=1S/C22H25N3O2S/c1-4-24(5-2)20(26)16(3)28-22-23-19-14-10-9-13-18(19)21(27)25(22)15-17-11-7-6-8-12-17/h6-14,16H,4-5,15H2,1-3H3. The number of amides is 1. The van der Waals surface area contributed by atoms with Gasteiger partial charge in [-0.2, -0.15) is 0 Å². The fourth-order valence-electron chi connectivity index (χ4n) is 3.14. The van der Waals surface area contributed by atoms with Crippen LogP contribution in [0.15, 0.2) is 64.5 Å². The summed E-state index contributed by atoms with van der Waals surface area (Å²) >= 11 is 1.35. The summed E-state index contributed by atoms with van der Waals surface area (Å²) in [6.45, 7) is 7.58. The van der Waals surface area contributed by atoms with Gasteiger partial charge in [-0.05, 0) is 38.5 Å². The maximum absolute atomic E-state index is 13.2. The minimum absolute atomic E-state index is 0.0590. The van der Waals surface area contributed by atoms with E-state index in [0.717, 1.165) is 5.56 Å². The second kappa shape index (κ2) is 9.06. The molecule has 28 heavy (non-hydrogen) atoms. The number of para-hydroxylation sites is 1. The van der Waals surface area contributed by atoms with Crippen molar-refractivity contribution in [2.75, 3.05) is 13.1 Å². The zero-order chi connectivity index (χ0) is 20.1. The first-order chi connectivity index (χ1) is 13.5. The average molecular weight is 396 g/mol. The smallest absolute Gasteiger partial charge is 0.262 e. The highest BCUT2D eigenvalue weighted by Gasteiger charge is 2.22. The third-order valence-corrected chi connectivity index (χ3v) is 5.79. The van der Waals surface area contributed by atoms with E-state index >= 15 is 0 Å². The van der Waals surface area contributed by atoms with Crippen LogP contribution in [0.25, 0.3) is 10.9 Å². The average Bonchev–Trinajstić information content (AvgIpc) is 2.72. The number of carbonyl (C=O) groups is 1. The molecule has 6 heteroatoms. The molecule has 0 aliphatic carbocycles. The Bertz CT molecular complexity index is 1010. The molecule has 0 saturated carbocycles. The Morgan fingerprint density at radius 3 is 2.39 bits per heavy atom. The van der Waals surface area contributed by atoms with Crippen LogP contribution in [0.4, 0.5) is 0 Å². The van der Waals surface area contributed by atoms with Gasteiger partial charge in [0.15, 0.2) is 5.16 Å². The van der Waals surface area contributed by atoms with Crippen LogP contribution in [0.1, 0.15) is 26.3 Å². The van der Waals surface area contributed by atoms with Gasteiger partial charge in [0, 0.05) is 13.1 Å². The van der Waals surface area contributed by atoms with Gasteiger partial charge in [0.1, 0.15) is 0 Å². The molecule has 3 rings (SSSR count). The Balaban J connectivity index is 2.03. The van der Waals surface area contributed by atoms with Gasteiger partial charge < -0.3 is 4.90 Å². The summed E-state index contributed by atoms with van der Waals surface area (Å²) in [4.78, 5) is 32.4. The number of hydrogen-bond donors (Lipinski definition) is 0. The van der Waals surface area contributed by atoms with Crippen LogP contribution < -0.4 is 5.56 Å². The fourth-order valence-corrected chi connectivity index (χ4v) is 4.14. The summed E-state index contributed by atoms with van der Waals surface area (Å²) in [6.07, 6.45) is 0. The van der Waals surface area contributed by atoms with E-state index in [4.69, 9.17) is 4.98 Å². The van der Waals surface area contributed by atoms with Crippen molar-refractivity contribution in [2.45, 2.75) is 37.7 Å². The lowest BCUT2D eigenvalue weighted by molar-refractivity contribution is -0.129. The lowest BCUT2D eigenvalue weighted by atomic mass is 10.2. The molecule has 0 aliphatic heterocycles. The molecule has 3 aromatic rings. The van der Waals surface area contributed by atoms with Crippen molar-refractivity contribution in [2.24, 2.45) is 0 Å². The molecule has 1 unspecified atom stereocenters. The quantitative estimate of drug-likeness (QED) is 0.451. The van der Waals surface area contributed by atoms with E-state index in [1.165, 1.54) is 11.8 Å². The van der Waals surface area contributed by atoms with Gasteiger partial charge in [-0.25, -0.2) is 4.98 Å². The number of thioether (sulfide) groups is 1. The highest BCUT2D eigenvalue weighted by atomic mass is 32.2. The monoisotopic (exact) mass is 395 g/mol. The van der Waals surface area contributed by atoms with E-state index in [-0.39, 0.29) is 16.7 Å². The molecule has 1 amide bonds. The molecule has 0 radical (unpaired) electrons. The second-order valence-electron chi connectivity index (χ2n) is 6.56. The van der Waals surface area contributed by atoms with Gasteiger partial charge >= 0.3 is 0 Å². The topological polar surface area (TPSA) is 55.2 Å². The Kier molecular flexibility index (Phi) is 6.52. The number of carbonyl (C=O) groups excluding carboxylic acids is 1. The zero-order valence-corrected chi connectivity index (χ0v) is 17.3. The lowest BCUT2D eigenvalue weighted by Gasteiger charge is -2.23. The molecule has 146 valence electrons. The van der Waals surface area contributed by atoms with Crippen LogP contribution in [-0.2, 0) is 11.3 Å². The van der Waals surface area contributed by atoms with Crippen molar-refractivity contribution in [1.29, 1.82) is 0 Å². The van der Waals surface area contributed by atoms with E-state index in [0.29, 0.717) is 35.7 Å². The highest BCUT2D eigenvalue weighted by Crippen LogP contribution is 2.24. The molecule has 1 aromatic heterocycles. The Morgan fingerprint density at radius 1 is 1.07 bits per heavy atom. The molecule has 0 bridgehead atoms. The normalized spacial score (nSPS) is 12.1. The number of hydrogen-bond acceptors (Lipinski definition) is 4. The predicted octanol–water partition coefficient (Wildman–Crippen LogP) is 3.79. The third kappa shape index (κ3) is 4.28. The summed E-state index contributed by atoms with van der Waals surface area (Å²) in [5.41, 5.74) is 1.59. The number of rotatable bonds is 7. The number of nitrogens with zero attached hydrogens (tertiary/aromatic N) is 3. The Labute approximate surface area is 169 Å². The maximum Gasteiger partial charge on any atom is 0.262 e. The molecule has 5 nitrogen and oxygen atoms in total. The van der Waals surface area contributed by atoms with Gasteiger partial charge in [0.2, 0.25) is 5.91 Å². The maximum atomic E-state index is 13.2. The lowest BCUT2D eigenvalue weighted by Crippen LogP contribution is -2.36. The first kappa shape index (κ1) is 20.1. The van der Waals surface area contributed by atoms with Gasteiger partial charge in [0.05, 0.1) is 22.7 Å². The molecule has 1 heterocycles. The van der Waals surface area contributed by atoms with E-state index in [1.807, 2.05) is 69.3 Å². The van der Waals surface area contributed by atoms with Crippen LogP contribution >= 0.6 is 11.8 Å². The molecule has 2 aromatic carbocycles. The zero-order valence-electron chi connectivity index (χ0n) is 16.5. The van der Waals surface area contributed by atoms with E-state index in [9.17, 15) is 9.59 Å². The van der Waals surface area contributed by atoms with Crippen molar-refractivity contribution < 1.29 is 4.79 Å². The molecule has 0 fully saturated rings. The first-order valence-corrected chi connectivity index (χ1v) is 10.4. The predicted molar refractivity (Wildman–Crippen MR) is 115 cm³/mol. The molecule has 1 atom stereocenters. The van der Waals surface area contributed by atoms with Crippen molar-refractivity contribution in [3.05, 3.63) is 70.5 Å². The molecule has 0 spiro atoms. The summed E-state index contributed by atoms with van der Waals surface area (Å²) in [6, 6.07) is 17.2. The van der Waals surface area contributed by atoms with Crippen molar-refractivity contribution in [3.63, 3.8) is 0 Å². The van der Waals surface area contributed by atoms with Gasteiger partial charge in [-0.15, -0.1) is 0 Å². The SMILES string of the molecule is CCN(CC)C(=O)C(C)Sc1nc2ccccc2c(=O)n1Cc1ccccc1.